The Balaban J connectivity index is 1.39. The van der Waals surface area contributed by atoms with E-state index in [9.17, 15) is 4.79 Å². The van der Waals surface area contributed by atoms with Gasteiger partial charge in [0.15, 0.2) is 11.5 Å². The minimum Gasteiger partial charge on any atom is -0.454 e. The number of anilines is 1. The molecule has 2 aliphatic heterocycles. The number of hydrogen-bond acceptors (Lipinski definition) is 4. The number of hydrogen-bond donors (Lipinski definition) is 1. The van der Waals surface area contributed by atoms with Gasteiger partial charge in [0.1, 0.15) is 0 Å². The van der Waals surface area contributed by atoms with Crippen molar-refractivity contribution < 1.29 is 14.3 Å². The van der Waals surface area contributed by atoms with Gasteiger partial charge in [0, 0.05) is 35.8 Å². The van der Waals surface area contributed by atoms with Crippen LogP contribution in [0.4, 0.5) is 10.5 Å². The van der Waals surface area contributed by atoms with E-state index in [2.05, 4.69) is 36.5 Å². The summed E-state index contributed by atoms with van der Waals surface area (Å²) >= 11 is 1.94. The first kappa shape index (κ1) is 17.1. The fourth-order valence-electron chi connectivity index (χ4n) is 3.35. The molecule has 5 nitrogen and oxygen atoms in total. The van der Waals surface area contributed by atoms with E-state index >= 15 is 0 Å². The molecular weight excluding hydrogens is 348 g/mol. The zero-order valence-electron chi connectivity index (χ0n) is 14.7. The lowest BCUT2D eigenvalue weighted by atomic mass is 10.0. The fraction of sp³-hybridized carbons (Fsp3) is 0.350. The largest absolute Gasteiger partial charge is 0.454 e. The first-order valence-electron chi connectivity index (χ1n) is 8.83. The molecule has 0 bridgehead atoms. The van der Waals surface area contributed by atoms with E-state index in [1.54, 1.807) is 0 Å². The van der Waals surface area contributed by atoms with E-state index in [-0.39, 0.29) is 12.8 Å². The number of nitrogens with one attached hydrogen (secondary N) is 1. The molecule has 2 aromatic rings. The summed E-state index contributed by atoms with van der Waals surface area (Å²) in [5.74, 6) is 2.33. The van der Waals surface area contributed by atoms with E-state index in [1.807, 2.05) is 34.9 Å². The van der Waals surface area contributed by atoms with Crippen LogP contribution < -0.4 is 14.8 Å². The molecule has 136 valence electrons. The normalized spacial score (nSPS) is 19.1. The third kappa shape index (κ3) is 3.60. The van der Waals surface area contributed by atoms with Gasteiger partial charge >= 0.3 is 6.03 Å². The smallest absolute Gasteiger partial charge is 0.321 e. The summed E-state index contributed by atoms with van der Waals surface area (Å²) in [5.41, 5.74) is 3.44. The summed E-state index contributed by atoms with van der Waals surface area (Å²) < 4.78 is 10.7. The van der Waals surface area contributed by atoms with Gasteiger partial charge in [0.25, 0.3) is 0 Å². The van der Waals surface area contributed by atoms with Crippen LogP contribution in [0.1, 0.15) is 22.8 Å². The van der Waals surface area contributed by atoms with Crippen molar-refractivity contribution in [3.8, 4) is 11.5 Å². The summed E-state index contributed by atoms with van der Waals surface area (Å²) in [6.07, 6.45) is 0.962. The molecule has 0 radical (unpaired) electrons. The minimum absolute atomic E-state index is 0.0603. The van der Waals surface area contributed by atoms with Crippen LogP contribution in [0.3, 0.4) is 0 Å². The van der Waals surface area contributed by atoms with Crippen LogP contribution in [0, 0.1) is 6.92 Å². The standard InChI is InChI=1S/C20H22N2O3S/c1-14-4-2-3-5-16(14)19-8-9-22(10-11-26-19)20(23)21-15-6-7-17-18(12-15)25-13-24-17/h2-7,12,19H,8-11,13H2,1H3,(H,21,23)/t19-/m1/s1. The Bertz CT molecular complexity index is 811. The van der Waals surface area contributed by atoms with E-state index in [0.717, 1.165) is 36.7 Å². The highest BCUT2D eigenvalue weighted by molar-refractivity contribution is 7.99. The second-order valence-electron chi connectivity index (χ2n) is 6.49. The molecule has 2 aliphatic rings. The lowest BCUT2D eigenvalue weighted by Crippen LogP contribution is -2.36. The SMILES string of the molecule is Cc1ccccc1[C@H]1CCN(C(=O)Nc2ccc3c(c2)OCO3)CCS1. The van der Waals surface area contributed by atoms with Gasteiger partial charge in [-0.05, 0) is 36.6 Å². The Kier molecular flexibility index (Phi) is 4.93. The zero-order valence-corrected chi connectivity index (χ0v) is 15.6. The van der Waals surface area contributed by atoms with Gasteiger partial charge in [0.05, 0.1) is 0 Å². The Morgan fingerprint density at radius 3 is 2.88 bits per heavy atom. The van der Waals surface area contributed by atoms with Crippen molar-refractivity contribution in [2.75, 3.05) is 31.0 Å². The molecule has 0 unspecified atom stereocenters. The van der Waals surface area contributed by atoms with Crippen molar-refractivity contribution >= 4 is 23.5 Å². The summed E-state index contributed by atoms with van der Waals surface area (Å²) in [6.45, 7) is 3.90. The highest BCUT2D eigenvalue weighted by Gasteiger charge is 2.23. The Hall–Kier alpha value is -2.34. The number of urea groups is 1. The number of aryl methyl sites for hydroxylation is 1. The number of rotatable bonds is 2. The van der Waals surface area contributed by atoms with E-state index in [0.29, 0.717) is 11.0 Å². The molecule has 6 heteroatoms. The maximum absolute atomic E-state index is 12.7. The zero-order chi connectivity index (χ0) is 17.9. The lowest BCUT2D eigenvalue weighted by Gasteiger charge is -2.21. The molecule has 0 aliphatic carbocycles. The van der Waals surface area contributed by atoms with Crippen LogP contribution in [0.5, 0.6) is 11.5 Å². The Morgan fingerprint density at radius 1 is 1.15 bits per heavy atom. The fourth-order valence-corrected chi connectivity index (χ4v) is 4.67. The monoisotopic (exact) mass is 370 g/mol. The average Bonchev–Trinajstić information content (AvgIpc) is 2.97. The predicted molar refractivity (Wildman–Crippen MR) is 104 cm³/mol. The highest BCUT2D eigenvalue weighted by atomic mass is 32.2. The van der Waals surface area contributed by atoms with Crippen LogP contribution in [0.15, 0.2) is 42.5 Å². The van der Waals surface area contributed by atoms with Crippen molar-refractivity contribution in [1.82, 2.24) is 4.90 Å². The lowest BCUT2D eigenvalue weighted by molar-refractivity contribution is 0.174. The van der Waals surface area contributed by atoms with Crippen LogP contribution in [-0.4, -0.2) is 36.6 Å². The van der Waals surface area contributed by atoms with Crippen LogP contribution in [0.2, 0.25) is 0 Å². The van der Waals surface area contributed by atoms with Crippen molar-refractivity contribution in [3.63, 3.8) is 0 Å². The number of carbonyl (C=O) groups is 1. The Labute approximate surface area is 157 Å². The molecule has 1 fully saturated rings. The third-order valence-electron chi connectivity index (χ3n) is 4.79. The van der Waals surface area contributed by atoms with Gasteiger partial charge in [-0.25, -0.2) is 4.79 Å². The molecule has 2 amide bonds. The van der Waals surface area contributed by atoms with Gasteiger partial charge in [-0.2, -0.15) is 11.8 Å². The number of fused-ring (bicyclic) bond motifs is 1. The second kappa shape index (κ2) is 7.50. The number of amides is 2. The van der Waals surface area contributed by atoms with Crippen LogP contribution in [0.25, 0.3) is 0 Å². The highest BCUT2D eigenvalue weighted by Crippen LogP contribution is 2.36. The number of carbonyl (C=O) groups excluding carboxylic acids is 1. The molecule has 26 heavy (non-hydrogen) atoms. The summed E-state index contributed by atoms with van der Waals surface area (Å²) in [7, 11) is 0. The third-order valence-corrected chi connectivity index (χ3v) is 6.10. The van der Waals surface area contributed by atoms with E-state index < -0.39 is 0 Å². The average molecular weight is 370 g/mol. The summed E-state index contributed by atoms with van der Waals surface area (Å²) in [6, 6.07) is 13.9. The van der Waals surface area contributed by atoms with Crippen LogP contribution in [-0.2, 0) is 0 Å². The van der Waals surface area contributed by atoms with Gasteiger partial charge < -0.3 is 19.7 Å². The molecule has 0 spiro atoms. The minimum atomic E-state index is -0.0603. The second-order valence-corrected chi connectivity index (χ2v) is 7.80. The van der Waals surface area contributed by atoms with Gasteiger partial charge in [-0.15, -0.1) is 0 Å². The molecule has 2 heterocycles. The molecule has 1 N–H and O–H groups in total. The van der Waals surface area contributed by atoms with E-state index in [1.165, 1.54) is 11.1 Å². The topological polar surface area (TPSA) is 50.8 Å². The van der Waals surface area contributed by atoms with Crippen molar-refractivity contribution in [1.29, 1.82) is 0 Å². The van der Waals surface area contributed by atoms with Gasteiger partial charge in [-0.3, -0.25) is 0 Å². The number of ether oxygens (including phenoxy) is 2. The van der Waals surface area contributed by atoms with Crippen molar-refractivity contribution in [2.24, 2.45) is 0 Å². The van der Waals surface area contributed by atoms with E-state index in [4.69, 9.17) is 9.47 Å². The van der Waals surface area contributed by atoms with Crippen molar-refractivity contribution in [2.45, 2.75) is 18.6 Å². The summed E-state index contributed by atoms with van der Waals surface area (Å²) in [4.78, 5) is 14.6. The summed E-state index contributed by atoms with van der Waals surface area (Å²) in [5, 5.41) is 3.42. The number of nitrogens with zero attached hydrogens (tertiary/aromatic N) is 1. The van der Waals surface area contributed by atoms with Crippen molar-refractivity contribution in [3.05, 3.63) is 53.6 Å². The molecule has 2 aromatic carbocycles. The maximum Gasteiger partial charge on any atom is 0.321 e. The quantitative estimate of drug-likeness (QED) is 0.849. The molecule has 0 aromatic heterocycles. The maximum atomic E-state index is 12.7. The number of thioether (sulfide) groups is 1. The molecular formula is C20H22N2O3S. The van der Waals surface area contributed by atoms with Crippen LogP contribution >= 0.6 is 11.8 Å². The number of benzene rings is 2. The molecule has 1 saturated heterocycles. The molecule has 1 atom stereocenters. The van der Waals surface area contributed by atoms with Gasteiger partial charge in [0.2, 0.25) is 6.79 Å². The first-order valence-corrected chi connectivity index (χ1v) is 9.88. The first-order chi connectivity index (χ1) is 12.7. The molecule has 0 saturated carbocycles. The predicted octanol–water partition coefficient (Wildman–Crippen LogP) is 4.44. The molecule has 4 rings (SSSR count). The Morgan fingerprint density at radius 2 is 2.00 bits per heavy atom. The van der Waals surface area contributed by atoms with Gasteiger partial charge in [-0.1, -0.05) is 24.3 Å².